The number of benzene rings is 2. The molecule has 152 valence electrons. The number of aromatic nitrogens is 4. The topological polar surface area (TPSA) is 99.0 Å². The van der Waals surface area contributed by atoms with Crippen molar-refractivity contribution in [3.05, 3.63) is 84.7 Å². The Morgan fingerprint density at radius 2 is 1.80 bits per heavy atom. The predicted octanol–water partition coefficient (Wildman–Crippen LogP) is 3.87. The summed E-state index contributed by atoms with van der Waals surface area (Å²) in [7, 11) is -3.69. The average Bonchev–Trinajstić information content (AvgIpc) is 3.26. The second-order valence-corrected chi connectivity index (χ2v) is 8.34. The Morgan fingerprint density at radius 1 is 1.00 bits per heavy atom. The molecule has 1 N–H and O–H groups in total. The zero-order chi connectivity index (χ0) is 21.1. The highest BCUT2D eigenvalue weighted by atomic mass is 32.2. The third-order valence-corrected chi connectivity index (χ3v) is 5.88. The maximum absolute atomic E-state index is 12.7. The molecular formula is C21H19N5O3S. The number of hydrogen-bond donors (Lipinski definition) is 1. The van der Waals surface area contributed by atoms with Gasteiger partial charge in [0.1, 0.15) is 24.2 Å². The number of rotatable bonds is 6. The van der Waals surface area contributed by atoms with Crippen LogP contribution >= 0.6 is 0 Å². The maximum atomic E-state index is 12.7. The highest BCUT2D eigenvalue weighted by molar-refractivity contribution is 7.92. The van der Waals surface area contributed by atoms with Gasteiger partial charge in [0.05, 0.1) is 4.90 Å². The molecular weight excluding hydrogens is 402 g/mol. The van der Waals surface area contributed by atoms with Crippen LogP contribution in [0, 0.1) is 13.8 Å². The molecule has 0 unspecified atom stereocenters. The van der Waals surface area contributed by atoms with Crippen molar-refractivity contribution in [3.8, 4) is 17.4 Å². The predicted molar refractivity (Wildman–Crippen MR) is 112 cm³/mol. The molecule has 0 fully saturated rings. The zero-order valence-corrected chi connectivity index (χ0v) is 17.2. The fourth-order valence-electron chi connectivity index (χ4n) is 2.84. The van der Waals surface area contributed by atoms with E-state index in [0.717, 1.165) is 5.56 Å². The van der Waals surface area contributed by atoms with Crippen LogP contribution < -0.4 is 9.46 Å². The van der Waals surface area contributed by atoms with Crippen LogP contribution in [0.15, 0.2) is 78.5 Å². The van der Waals surface area contributed by atoms with E-state index in [2.05, 4.69) is 19.7 Å². The Kier molecular flexibility index (Phi) is 5.20. The molecule has 0 aliphatic carbocycles. The molecule has 4 rings (SSSR count). The van der Waals surface area contributed by atoms with E-state index >= 15 is 0 Å². The normalized spacial score (nSPS) is 11.3. The van der Waals surface area contributed by atoms with Crippen LogP contribution in [0.2, 0.25) is 0 Å². The molecule has 30 heavy (non-hydrogen) atoms. The molecule has 0 amide bonds. The van der Waals surface area contributed by atoms with E-state index in [4.69, 9.17) is 4.74 Å². The Labute approximate surface area is 174 Å². The highest BCUT2D eigenvalue weighted by Crippen LogP contribution is 2.25. The summed E-state index contributed by atoms with van der Waals surface area (Å²) in [6.07, 6.45) is 6.45. The van der Waals surface area contributed by atoms with Crippen molar-refractivity contribution >= 4 is 15.7 Å². The second kappa shape index (κ2) is 7.96. The minimum absolute atomic E-state index is 0.260. The highest BCUT2D eigenvalue weighted by Gasteiger charge is 2.17. The van der Waals surface area contributed by atoms with E-state index < -0.39 is 10.0 Å². The summed E-state index contributed by atoms with van der Waals surface area (Å²) in [6, 6.07) is 13.6. The van der Waals surface area contributed by atoms with Gasteiger partial charge in [-0.15, -0.1) is 0 Å². The maximum Gasteiger partial charge on any atom is 0.262 e. The molecule has 0 atom stereocenters. The summed E-state index contributed by atoms with van der Waals surface area (Å²) >= 11 is 0. The van der Waals surface area contributed by atoms with Gasteiger partial charge in [0.15, 0.2) is 0 Å². The largest absolute Gasteiger partial charge is 0.439 e. The Bertz CT molecular complexity index is 1270. The van der Waals surface area contributed by atoms with E-state index in [1.165, 1.54) is 6.33 Å². The van der Waals surface area contributed by atoms with E-state index in [1.807, 2.05) is 13.0 Å². The summed E-state index contributed by atoms with van der Waals surface area (Å²) in [5.74, 6) is 1.49. The number of anilines is 1. The van der Waals surface area contributed by atoms with Crippen molar-refractivity contribution in [2.45, 2.75) is 18.7 Å². The number of imidazole rings is 1. The number of ether oxygens (including phenoxy) is 1. The number of sulfonamides is 1. The standard InChI is InChI=1S/C21H19N5O3S/c1-15-3-4-16(2)19(11-15)30(27,28)25-17-5-7-18(8-6-17)29-21-12-20(23-13-24-21)26-10-9-22-14-26/h3-14,25H,1-2H3. The smallest absolute Gasteiger partial charge is 0.262 e. The van der Waals surface area contributed by atoms with Gasteiger partial charge < -0.3 is 4.74 Å². The first-order valence-electron chi connectivity index (χ1n) is 9.09. The fourth-order valence-corrected chi connectivity index (χ4v) is 4.23. The summed E-state index contributed by atoms with van der Waals surface area (Å²) in [5.41, 5.74) is 2.00. The summed E-state index contributed by atoms with van der Waals surface area (Å²) in [6.45, 7) is 3.63. The molecule has 2 aromatic heterocycles. The number of nitrogens with zero attached hydrogens (tertiary/aromatic N) is 4. The molecule has 8 nitrogen and oxygen atoms in total. The van der Waals surface area contributed by atoms with Gasteiger partial charge in [0, 0.05) is 24.1 Å². The SMILES string of the molecule is Cc1ccc(C)c(S(=O)(=O)Nc2ccc(Oc3cc(-n4ccnc4)ncn3)cc2)c1. The lowest BCUT2D eigenvalue weighted by Crippen LogP contribution is -2.14. The van der Waals surface area contributed by atoms with Gasteiger partial charge in [-0.3, -0.25) is 9.29 Å². The Morgan fingerprint density at radius 3 is 2.53 bits per heavy atom. The third-order valence-electron chi connectivity index (χ3n) is 4.36. The number of aryl methyl sites for hydroxylation is 2. The van der Waals surface area contributed by atoms with Crippen LogP contribution in [0.5, 0.6) is 11.6 Å². The molecule has 4 aromatic rings. The Balaban J connectivity index is 1.50. The van der Waals surface area contributed by atoms with Crippen LogP contribution in [0.3, 0.4) is 0 Å². The van der Waals surface area contributed by atoms with E-state index in [9.17, 15) is 8.42 Å². The van der Waals surface area contributed by atoms with Gasteiger partial charge in [-0.05, 0) is 55.3 Å². The second-order valence-electron chi connectivity index (χ2n) is 6.69. The molecule has 0 radical (unpaired) electrons. The lowest BCUT2D eigenvalue weighted by molar-refractivity contribution is 0.461. The van der Waals surface area contributed by atoms with E-state index in [1.54, 1.807) is 72.7 Å². The van der Waals surface area contributed by atoms with Crippen LogP contribution in [-0.2, 0) is 10.0 Å². The van der Waals surface area contributed by atoms with Crippen molar-refractivity contribution in [3.63, 3.8) is 0 Å². The molecule has 2 aromatic carbocycles. The minimum Gasteiger partial charge on any atom is -0.439 e. The van der Waals surface area contributed by atoms with Crippen LogP contribution in [0.1, 0.15) is 11.1 Å². The first kappa shape index (κ1) is 19.6. The number of nitrogens with one attached hydrogen (secondary N) is 1. The summed E-state index contributed by atoms with van der Waals surface area (Å²) < 4.78 is 35.6. The lowest BCUT2D eigenvalue weighted by atomic mass is 10.2. The molecule has 0 spiro atoms. The lowest BCUT2D eigenvalue weighted by Gasteiger charge is -2.12. The van der Waals surface area contributed by atoms with Gasteiger partial charge in [-0.1, -0.05) is 12.1 Å². The first-order valence-corrected chi connectivity index (χ1v) is 10.6. The van der Waals surface area contributed by atoms with Gasteiger partial charge in [-0.2, -0.15) is 0 Å². The van der Waals surface area contributed by atoms with Crippen LogP contribution in [-0.4, -0.2) is 27.9 Å². The molecule has 9 heteroatoms. The number of hydrogen-bond acceptors (Lipinski definition) is 6. The third kappa shape index (κ3) is 4.31. The molecule has 2 heterocycles. The Hall–Kier alpha value is -3.72. The van der Waals surface area contributed by atoms with Crippen molar-refractivity contribution in [2.24, 2.45) is 0 Å². The molecule has 0 aliphatic heterocycles. The van der Waals surface area contributed by atoms with E-state index in [0.29, 0.717) is 28.7 Å². The molecule has 0 saturated carbocycles. The molecule has 0 bridgehead atoms. The first-order chi connectivity index (χ1) is 14.4. The van der Waals surface area contributed by atoms with E-state index in [-0.39, 0.29) is 4.90 Å². The summed E-state index contributed by atoms with van der Waals surface area (Å²) in [4.78, 5) is 12.5. The van der Waals surface area contributed by atoms with Crippen molar-refractivity contribution in [1.29, 1.82) is 0 Å². The zero-order valence-electron chi connectivity index (χ0n) is 16.4. The fraction of sp³-hybridized carbons (Fsp3) is 0.0952. The van der Waals surface area contributed by atoms with Gasteiger partial charge >= 0.3 is 0 Å². The molecule has 0 aliphatic rings. The van der Waals surface area contributed by atoms with Crippen molar-refractivity contribution in [1.82, 2.24) is 19.5 Å². The van der Waals surface area contributed by atoms with Gasteiger partial charge in [0.2, 0.25) is 5.88 Å². The van der Waals surface area contributed by atoms with Gasteiger partial charge in [-0.25, -0.2) is 23.4 Å². The van der Waals surface area contributed by atoms with Crippen molar-refractivity contribution in [2.75, 3.05) is 4.72 Å². The summed E-state index contributed by atoms with van der Waals surface area (Å²) in [5, 5.41) is 0. The minimum atomic E-state index is -3.69. The molecule has 0 saturated heterocycles. The van der Waals surface area contributed by atoms with Gasteiger partial charge in [0.25, 0.3) is 10.0 Å². The van der Waals surface area contributed by atoms with Crippen LogP contribution in [0.4, 0.5) is 5.69 Å². The average molecular weight is 421 g/mol. The van der Waals surface area contributed by atoms with Crippen molar-refractivity contribution < 1.29 is 13.2 Å². The van der Waals surface area contributed by atoms with Crippen LogP contribution in [0.25, 0.3) is 5.82 Å². The monoisotopic (exact) mass is 421 g/mol. The quantitative estimate of drug-likeness (QED) is 0.507.